The molecular formula is C14H15N5O2. The van der Waals surface area contributed by atoms with Gasteiger partial charge >= 0.3 is 0 Å². The van der Waals surface area contributed by atoms with Crippen LogP contribution < -0.4 is 10.5 Å². The summed E-state index contributed by atoms with van der Waals surface area (Å²) < 4.78 is 10.7. The molecule has 0 aliphatic heterocycles. The van der Waals surface area contributed by atoms with Gasteiger partial charge in [0.25, 0.3) is 0 Å². The van der Waals surface area contributed by atoms with Crippen molar-refractivity contribution in [1.82, 2.24) is 19.9 Å². The fourth-order valence-corrected chi connectivity index (χ4v) is 2.07. The van der Waals surface area contributed by atoms with E-state index in [0.717, 1.165) is 11.1 Å². The van der Waals surface area contributed by atoms with Crippen molar-refractivity contribution in [3.05, 3.63) is 30.6 Å². The summed E-state index contributed by atoms with van der Waals surface area (Å²) >= 11 is 0. The normalized spacial score (nSPS) is 10.9. The number of ether oxygens (including phenoxy) is 2. The molecule has 7 nitrogen and oxygen atoms in total. The third-order valence-electron chi connectivity index (χ3n) is 2.99. The Bertz CT molecular complexity index is 756. The third-order valence-corrected chi connectivity index (χ3v) is 2.99. The van der Waals surface area contributed by atoms with Gasteiger partial charge in [0.15, 0.2) is 5.65 Å². The number of hydrogen-bond donors (Lipinski definition) is 2. The van der Waals surface area contributed by atoms with Crippen LogP contribution in [-0.4, -0.2) is 40.3 Å². The van der Waals surface area contributed by atoms with Crippen molar-refractivity contribution in [1.29, 1.82) is 0 Å². The van der Waals surface area contributed by atoms with Crippen LogP contribution in [0.15, 0.2) is 30.6 Å². The Balaban J connectivity index is 2.08. The van der Waals surface area contributed by atoms with E-state index in [9.17, 15) is 0 Å². The lowest BCUT2D eigenvalue weighted by Crippen LogP contribution is -2.05. The number of H-pyrrole nitrogens is 1. The number of anilines is 1. The second-order valence-corrected chi connectivity index (χ2v) is 4.37. The maximum atomic E-state index is 5.76. The number of fused-ring (bicyclic) bond motifs is 1. The lowest BCUT2D eigenvalue weighted by atomic mass is 10.1. The average molecular weight is 285 g/mol. The van der Waals surface area contributed by atoms with E-state index in [0.29, 0.717) is 30.3 Å². The molecule has 0 amide bonds. The zero-order valence-electron chi connectivity index (χ0n) is 11.5. The quantitative estimate of drug-likeness (QED) is 0.691. The van der Waals surface area contributed by atoms with Crippen LogP contribution >= 0.6 is 0 Å². The Labute approximate surface area is 121 Å². The number of hydrogen-bond acceptors (Lipinski definition) is 6. The molecule has 108 valence electrons. The largest absolute Gasteiger partial charge is 0.490 e. The maximum absolute atomic E-state index is 5.76. The molecule has 0 radical (unpaired) electrons. The van der Waals surface area contributed by atoms with Gasteiger partial charge in [-0.05, 0) is 12.1 Å². The lowest BCUT2D eigenvalue weighted by molar-refractivity contribution is 0.146. The molecule has 0 unspecified atom stereocenters. The van der Waals surface area contributed by atoms with E-state index < -0.39 is 0 Å². The van der Waals surface area contributed by atoms with Crippen molar-refractivity contribution < 1.29 is 9.47 Å². The molecule has 7 heteroatoms. The van der Waals surface area contributed by atoms with E-state index in [4.69, 9.17) is 15.2 Å². The first-order valence-electron chi connectivity index (χ1n) is 6.47. The molecule has 3 N–H and O–H groups in total. The number of nitrogens with zero attached hydrogens (tertiary/aromatic N) is 3. The van der Waals surface area contributed by atoms with E-state index >= 15 is 0 Å². The molecule has 0 spiro atoms. The topological polar surface area (TPSA) is 98.9 Å². The van der Waals surface area contributed by atoms with E-state index in [-0.39, 0.29) is 5.95 Å². The Morgan fingerprint density at radius 2 is 2.05 bits per heavy atom. The number of nitrogen functional groups attached to an aromatic ring is 1. The standard InChI is InChI=1S/C14H15N5O2/c1-20-6-7-21-10-5-3-2-4-9(10)11-12-13(17-8-16-12)19-14(15)18-11/h2-5,8H,6-7H2,1H3,(H3,15,16,17,18,19). The maximum Gasteiger partial charge on any atom is 0.222 e. The SMILES string of the molecule is COCCOc1ccccc1-c1nc(N)nc2nc[nH]c12. The molecule has 0 aliphatic rings. The first kappa shape index (κ1) is 13.3. The van der Waals surface area contributed by atoms with Crippen molar-refractivity contribution in [3.63, 3.8) is 0 Å². The van der Waals surface area contributed by atoms with Crippen LogP contribution in [0.3, 0.4) is 0 Å². The highest BCUT2D eigenvalue weighted by Gasteiger charge is 2.14. The molecule has 0 atom stereocenters. The molecule has 21 heavy (non-hydrogen) atoms. The fraction of sp³-hybridized carbons (Fsp3) is 0.214. The van der Waals surface area contributed by atoms with Gasteiger partial charge in [0.05, 0.1) is 12.9 Å². The fourth-order valence-electron chi connectivity index (χ4n) is 2.07. The van der Waals surface area contributed by atoms with Crippen molar-refractivity contribution in [2.24, 2.45) is 0 Å². The van der Waals surface area contributed by atoms with Gasteiger partial charge in [-0.15, -0.1) is 0 Å². The number of aromatic nitrogens is 4. The van der Waals surface area contributed by atoms with Gasteiger partial charge < -0.3 is 20.2 Å². The number of para-hydroxylation sites is 1. The van der Waals surface area contributed by atoms with Gasteiger partial charge in [0, 0.05) is 12.7 Å². The summed E-state index contributed by atoms with van der Waals surface area (Å²) in [7, 11) is 1.63. The summed E-state index contributed by atoms with van der Waals surface area (Å²) in [5.41, 5.74) is 8.52. The molecule has 0 aliphatic carbocycles. The van der Waals surface area contributed by atoms with Crippen molar-refractivity contribution in [3.8, 4) is 17.0 Å². The minimum Gasteiger partial charge on any atom is -0.490 e. The summed E-state index contributed by atoms with van der Waals surface area (Å²) in [6.07, 6.45) is 1.57. The van der Waals surface area contributed by atoms with Crippen LogP contribution in [0.2, 0.25) is 0 Å². The van der Waals surface area contributed by atoms with Crippen molar-refractivity contribution in [2.75, 3.05) is 26.1 Å². The summed E-state index contributed by atoms with van der Waals surface area (Å²) in [5.74, 6) is 0.889. The van der Waals surface area contributed by atoms with Crippen LogP contribution in [0.4, 0.5) is 5.95 Å². The zero-order chi connectivity index (χ0) is 14.7. The highest BCUT2D eigenvalue weighted by atomic mass is 16.5. The Kier molecular flexibility index (Phi) is 3.65. The number of nitrogens with one attached hydrogen (secondary N) is 1. The Hall–Kier alpha value is -2.67. The highest BCUT2D eigenvalue weighted by Crippen LogP contribution is 2.32. The summed E-state index contributed by atoms with van der Waals surface area (Å²) in [4.78, 5) is 15.6. The lowest BCUT2D eigenvalue weighted by Gasteiger charge is -2.11. The zero-order valence-corrected chi connectivity index (χ0v) is 11.5. The molecule has 2 aromatic heterocycles. The minimum atomic E-state index is 0.177. The number of rotatable bonds is 5. The molecule has 3 aromatic rings. The van der Waals surface area contributed by atoms with Crippen LogP contribution in [-0.2, 0) is 4.74 Å². The summed E-state index contributed by atoms with van der Waals surface area (Å²) in [5, 5.41) is 0. The first-order valence-corrected chi connectivity index (χ1v) is 6.47. The number of nitrogens with two attached hydrogens (primary N) is 1. The highest BCUT2D eigenvalue weighted by molar-refractivity contribution is 5.89. The molecule has 0 saturated carbocycles. The van der Waals surface area contributed by atoms with Crippen LogP contribution in [0.5, 0.6) is 5.75 Å². The second kappa shape index (κ2) is 5.76. The Morgan fingerprint density at radius 1 is 1.19 bits per heavy atom. The van der Waals surface area contributed by atoms with Gasteiger partial charge in [0.1, 0.15) is 23.6 Å². The summed E-state index contributed by atoms with van der Waals surface area (Å²) in [6.45, 7) is 0.972. The molecule has 0 fully saturated rings. The smallest absolute Gasteiger partial charge is 0.222 e. The van der Waals surface area contributed by atoms with Crippen molar-refractivity contribution >= 4 is 17.1 Å². The van der Waals surface area contributed by atoms with E-state index in [1.807, 2.05) is 24.3 Å². The second-order valence-electron chi connectivity index (χ2n) is 4.37. The molecular weight excluding hydrogens is 270 g/mol. The van der Waals surface area contributed by atoms with Gasteiger partial charge in [-0.25, -0.2) is 9.97 Å². The first-order chi connectivity index (χ1) is 10.3. The molecule has 3 rings (SSSR count). The van der Waals surface area contributed by atoms with Crippen molar-refractivity contribution in [2.45, 2.75) is 0 Å². The van der Waals surface area contributed by atoms with E-state index in [2.05, 4.69) is 19.9 Å². The number of aromatic amines is 1. The van der Waals surface area contributed by atoms with E-state index in [1.165, 1.54) is 0 Å². The molecule has 2 heterocycles. The molecule has 0 saturated heterocycles. The minimum absolute atomic E-state index is 0.177. The predicted molar refractivity (Wildman–Crippen MR) is 78.9 cm³/mol. The Morgan fingerprint density at radius 3 is 2.90 bits per heavy atom. The molecule has 1 aromatic carbocycles. The van der Waals surface area contributed by atoms with E-state index in [1.54, 1.807) is 13.4 Å². The van der Waals surface area contributed by atoms with Crippen LogP contribution in [0.25, 0.3) is 22.4 Å². The van der Waals surface area contributed by atoms with Crippen LogP contribution in [0.1, 0.15) is 0 Å². The predicted octanol–water partition coefficient (Wildman–Crippen LogP) is 1.63. The summed E-state index contributed by atoms with van der Waals surface area (Å²) in [6, 6.07) is 7.62. The van der Waals surface area contributed by atoms with Gasteiger partial charge in [-0.2, -0.15) is 4.98 Å². The van der Waals surface area contributed by atoms with Gasteiger partial charge in [-0.3, -0.25) is 0 Å². The van der Waals surface area contributed by atoms with Crippen LogP contribution in [0, 0.1) is 0 Å². The van der Waals surface area contributed by atoms with Gasteiger partial charge in [0.2, 0.25) is 5.95 Å². The molecule has 0 bridgehead atoms. The number of methoxy groups -OCH3 is 1. The number of benzene rings is 1. The third kappa shape index (κ3) is 2.63. The number of imidazole rings is 1. The van der Waals surface area contributed by atoms with Gasteiger partial charge in [-0.1, -0.05) is 12.1 Å². The monoisotopic (exact) mass is 285 g/mol. The average Bonchev–Trinajstić information content (AvgIpc) is 2.95.